The summed E-state index contributed by atoms with van der Waals surface area (Å²) in [5, 5.41) is 18.9. The summed E-state index contributed by atoms with van der Waals surface area (Å²) in [5.74, 6) is 0.511. The van der Waals surface area contributed by atoms with E-state index in [9.17, 15) is 10.1 Å². The highest BCUT2D eigenvalue weighted by molar-refractivity contribution is 5.48. The molecule has 2 aromatic heterocycles. The molecule has 2 unspecified atom stereocenters. The summed E-state index contributed by atoms with van der Waals surface area (Å²) in [4.78, 5) is 17.1. The van der Waals surface area contributed by atoms with Crippen molar-refractivity contribution in [1.29, 1.82) is 0 Å². The van der Waals surface area contributed by atoms with Gasteiger partial charge in [0.2, 0.25) is 5.65 Å². The minimum absolute atomic E-state index is 0.125. The maximum atomic E-state index is 11.1. The monoisotopic (exact) mass is 366 g/mol. The number of hydrogen-bond donors (Lipinski definition) is 1. The molecule has 3 aromatic rings. The quantitative estimate of drug-likeness (QED) is 0.551. The summed E-state index contributed by atoms with van der Waals surface area (Å²) in [6, 6.07) is 14.8. The lowest BCUT2D eigenvalue weighted by Gasteiger charge is -2.38. The number of piperidine rings is 1. The Kier molecular flexibility index (Phi) is 4.72. The van der Waals surface area contributed by atoms with Crippen LogP contribution in [0.3, 0.4) is 0 Å². The molecule has 8 heteroatoms. The van der Waals surface area contributed by atoms with Crippen LogP contribution in [0.25, 0.3) is 5.65 Å². The topological polar surface area (TPSA) is 88.6 Å². The van der Waals surface area contributed by atoms with E-state index in [0.717, 1.165) is 25.9 Å². The van der Waals surface area contributed by atoms with Gasteiger partial charge in [-0.1, -0.05) is 39.9 Å². The summed E-state index contributed by atoms with van der Waals surface area (Å²) in [6.07, 6.45) is 3.23. The summed E-state index contributed by atoms with van der Waals surface area (Å²) in [5.41, 5.74) is 1.80. The van der Waals surface area contributed by atoms with Crippen LogP contribution in [0.1, 0.15) is 25.3 Å². The van der Waals surface area contributed by atoms with E-state index in [4.69, 9.17) is 0 Å². The average molecular weight is 366 g/mol. The molecule has 0 bridgehead atoms. The molecule has 1 aliphatic heterocycles. The van der Waals surface area contributed by atoms with Crippen LogP contribution in [-0.4, -0.2) is 43.0 Å². The Morgan fingerprint density at radius 2 is 2.07 bits per heavy atom. The molecule has 0 radical (unpaired) electrons. The Bertz CT molecular complexity index is 942. The van der Waals surface area contributed by atoms with Crippen LogP contribution in [0.2, 0.25) is 0 Å². The first kappa shape index (κ1) is 17.4. The molecule has 0 aliphatic carbocycles. The third kappa shape index (κ3) is 3.75. The van der Waals surface area contributed by atoms with E-state index in [1.54, 1.807) is 6.07 Å². The average Bonchev–Trinajstić information content (AvgIpc) is 3.08. The Balaban J connectivity index is 1.41. The summed E-state index contributed by atoms with van der Waals surface area (Å²) in [7, 11) is 0. The minimum atomic E-state index is -0.471. The fourth-order valence-electron chi connectivity index (χ4n) is 3.68. The number of anilines is 1. The number of likely N-dealkylation sites (tertiary alicyclic amines) is 1. The molecule has 0 amide bonds. The van der Waals surface area contributed by atoms with Crippen molar-refractivity contribution in [3.8, 4) is 0 Å². The SMILES string of the molecule is CC1CC(Nc2ccc3ncc([N+](=O)[O-])n3n2)CCN1Cc1ccccc1. The maximum absolute atomic E-state index is 11.1. The molecule has 1 aromatic carbocycles. The smallest absolute Gasteiger partial charge is 0.364 e. The van der Waals surface area contributed by atoms with E-state index < -0.39 is 4.92 Å². The number of nitro groups is 1. The minimum Gasteiger partial charge on any atom is -0.364 e. The Morgan fingerprint density at radius 3 is 2.81 bits per heavy atom. The second-order valence-corrected chi connectivity index (χ2v) is 7.03. The molecule has 1 N–H and O–H groups in total. The molecule has 0 saturated carbocycles. The first-order valence-electron chi connectivity index (χ1n) is 9.14. The third-order valence-electron chi connectivity index (χ3n) is 5.13. The van der Waals surface area contributed by atoms with E-state index >= 15 is 0 Å². The Morgan fingerprint density at radius 1 is 1.26 bits per heavy atom. The number of nitrogens with zero attached hydrogens (tertiary/aromatic N) is 5. The van der Waals surface area contributed by atoms with E-state index in [1.165, 1.54) is 16.3 Å². The summed E-state index contributed by atoms with van der Waals surface area (Å²) >= 11 is 0. The van der Waals surface area contributed by atoms with Crippen molar-refractivity contribution in [2.24, 2.45) is 0 Å². The Labute approximate surface area is 157 Å². The molecule has 1 fully saturated rings. The molecule has 1 aliphatic rings. The van der Waals surface area contributed by atoms with E-state index in [0.29, 0.717) is 23.5 Å². The van der Waals surface area contributed by atoms with Gasteiger partial charge in [-0.25, -0.2) is 4.98 Å². The number of hydrogen-bond acceptors (Lipinski definition) is 6. The maximum Gasteiger partial charge on any atom is 0.368 e. The van der Waals surface area contributed by atoms with Crippen molar-refractivity contribution in [3.05, 3.63) is 64.3 Å². The molecule has 27 heavy (non-hydrogen) atoms. The lowest BCUT2D eigenvalue weighted by molar-refractivity contribution is -0.391. The highest BCUT2D eigenvalue weighted by Gasteiger charge is 2.26. The van der Waals surface area contributed by atoms with Gasteiger partial charge in [0.15, 0.2) is 5.82 Å². The van der Waals surface area contributed by atoms with Gasteiger partial charge in [-0.2, -0.15) is 0 Å². The van der Waals surface area contributed by atoms with E-state index in [-0.39, 0.29) is 5.82 Å². The van der Waals surface area contributed by atoms with Crippen LogP contribution in [0.4, 0.5) is 11.6 Å². The number of rotatable bonds is 5. The normalized spacial score (nSPS) is 20.6. The van der Waals surface area contributed by atoms with Gasteiger partial charge in [-0.15, -0.1) is 0 Å². The van der Waals surface area contributed by atoms with Crippen LogP contribution >= 0.6 is 0 Å². The largest absolute Gasteiger partial charge is 0.368 e. The van der Waals surface area contributed by atoms with Gasteiger partial charge in [0.05, 0.1) is 0 Å². The molecular weight excluding hydrogens is 344 g/mol. The third-order valence-corrected chi connectivity index (χ3v) is 5.13. The number of aromatic nitrogens is 3. The van der Waals surface area contributed by atoms with Crippen molar-refractivity contribution in [2.45, 2.75) is 38.4 Å². The van der Waals surface area contributed by atoms with Crippen LogP contribution < -0.4 is 5.32 Å². The highest BCUT2D eigenvalue weighted by Crippen LogP contribution is 2.23. The number of imidazole rings is 1. The van der Waals surface area contributed by atoms with Gasteiger partial charge in [0.25, 0.3) is 0 Å². The van der Waals surface area contributed by atoms with Gasteiger partial charge >= 0.3 is 5.82 Å². The predicted molar refractivity (Wildman–Crippen MR) is 103 cm³/mol. The number of fused-ring (bicyclic) bond motifs is 1. The van der Waals surface area contributed by atoms with Gasteiger partial charge in [-0.05, 0) is 36.3 Å². The first-order valence-corrected chi connectivity index (χ1v) is 9.14. The predicted octanol–water partition coefficient (Wildman–Crippen LogP) is 3.10. The molecule has 1 saturated heterocycles. The second kappa shape index (κ2) is 7.32. The Hall–Kier alpha value is -3.00. The van der Waals surface area contributed by atoms with Gasteiger partial charge in [-0.3, -0.25) is 4.90 Å². The van der Waals surface area contributed by atoms with Crippen molar-refractivity contribution in [1.82, 2.24) is 19.5 Å². The molecule has 3 heterocycles. The summed E-state index contributed by atoms with van der Waals surface area (Å²) in [6.45, 7) is 4.20. The highest BCUT2D eigenvalue weighted by atomic mass is 16.6. The van der Waals surface area contributed by atoms with Crippen molar-refractivity contribution in [2.75, 3.05) is 11.9 Å². The number of benzene rings is 1. The fourth-order valence-corrected chi connectivity index (χ4v) is 3.68. The zero-order valence-corrected chi connectivity index (χ0v) is 15.2. The zero-order valence-electron chi connectivity index (χ0n) is 15.2. The molecule has 2 atom stereocenters. The van der Waals surface area contributed by atoms with Crippen LogP contribution in [0.15, 0.2) is 48.7 Å². The molecule has 0 spiro atoms. The van der Waals surface area contributed by atoms with Crippen molar-refractivity contribution < 1.29 is 4.92 Å². The molecular formula is C19H22N6O2. The van der Waals surface area contributed by atoms with Gasteiger partial charge in [0, 0.05) is 31.2 Å². The molecule has 4 rings (SSSR count). The molecule has 8 nitrogen and oxygen atoms in total. The van der Waals surface area contributed by atoms with E-state index in [2.05, 4.69) is 51.5 Å². The van der Waals surface area contributed by atoms with E-state index in [1.807, 2.05) is 12.1 Å². The first-order chi connectivity index (χ1) is 13.1. The number of nitrogens with one attached hydrogen (secondary N) is 1. The lowest BCUT2D eigenvalue weighted by atomic mass is 9.97. The standard InChI is InChI=1S/C19H22N6O2/c1-14-11-16(9-10-23(14)13-15-5-3-2-4-6-15)21-17-7-8-18-20-12-19(25(26)27)24(18)22-17/h2-8,12,14,16H,9-11,13H2,1H3,(H,21,22). The van der Waals surface area contributed by atoms with Crippen molar-refractivity contribution in [3.63, 3.8) is 0 Å². The summed E-state index contributed by atoms with van der Waals surface area (Å²) < 4.78 is 1.27. The van der Waals surface area contributed by atoms with Crippen LogP contribution in [0.5, 0.6) is 0 Å². The van der Waals surface area contributed by atoms with Gasteiger partial charge < -0.3 is 15.4 Å². The fraction of sp³-hybridized carbons (Fsp3) is 0.368. The zero-order chi connectivity index (χ0) is 18.8. The van der Waals surface area contributed by atoms with Crippen molar-refractivity contribution >= 4 is 17.3 Å². The van der Waals surface area contributed by atoms with Crippen LogP contribution in [0, 0.1) is 10.1 Å². The second-order valence-electron chi connectivity index (χ2n) is 7.03. The van der Waals surface area contributed by atoms with Gasteiger partial charge in [0.1, 0.15) is 6.20 Å². The molecule has 140 valence electrons. The lowest BCUT2D eigenvalue weighted by Crippen LogP contribution is -2.44. The van der Waals surface area contributed by atoms with Crippen LogP contribution in [-0.2, 0) is 6.54 Å².